The number of carbonyl (C=O) groups is 1. The predicted octanol–water partition coefficient (Wildman–Crippen LogP) is 4.68. The second-order valence-corrected chi connectivity index (χ2v) is 9.13. The highest BCUT2D eigenvalue weighted by Crippen LogP contribution is 2.36. The maximum Gasteiger partial charge on any atom is 0.277 e. The molecule has 1 aromatic rings. The van der Waals surface area contributed by atoms with E-state index in [1.54, 1.807) is 0 Å². The summed E-state index contributed by atoms with van der Waals surface area (Å²) in [6.45, 7) is 13.2. The topological polar surface area (TPSA) is 50.7 Å². The van der Waals surface area contributed by atoms with Gasteiger partial charge in [-0.15, -0.1) is 0 Å². The first-order chi connectivity index (χ1) is 11.5. The third-order valence-corrected chi connectivity index (χ3v) is 4.60. The molecule has 1 fully saturated rings. The lowest BCUT2D eigenvalue weighted by Gasteiger charge is -2.34. The number of hydrogen-bond donors (Lipinski definition) is 1. The lowest BCUT2D eigenvalue weighted by Crippen LogP contribution is -2.31. The fourth-order valence-corrected chi connectivity index (χ4v) is 3.57. The van der Waals surface area contributed by atoms with E-state index in [0.717, 1.165) is 18.6 Å². The van der Waals surface area contributed by atoms with Crippen LogP contribution >= 0.6 is 0 Å². The summed E-state index contributed by atoms with van der Waals surface area (Å²) >= 11 is 0. The van der Waals surface area contributed by atoms with Gasteiger partial charge in [-0.1, -0.05) is 53.7 Å². The molecule has 0 saturated heterocycles. The van der Waals surface area contributed by atoms with Crippen molar-refractivity contribution in [3.05, 3.63) is 29.8 Å². The van der Waals surface area contributed by atoms with Gasteiger partial charge in [0.1, 0.15) is 5.75 Å². The van der Waals surface area contributed by atoms with Gasteiger partial charge in [0, 0.05) is 5.71 Å². The molecule has 0 aromatic heterocycles. The van der Waals surface area contributed by atoms with Crippen LogP contribution in [0, 0.1) is 11.3 Å². The quantitative estimate of drug-likeness (QED) is 0.806. The Balaban J connectivity index is 1.83. The van der Waals surface area contributed by atoms with Crippen LogP contribution in [0.5, 0.6) is 5.75 Å². The van der Waals surface area contributed by atoms with E-state index in [1.807, 2.05) is 24.3 Å². The largest absolute Gasteiger partial charge is 0.484 e. The lowest BCUT2D eigenvalue weighted by molar-refractivity contribution is -0.123. The molecule has 1 N–H and O–H groups in total. The van der Waals surface area contributed by atoms with Gasteiger partial charge in [-0.3, -0.25) is 4.79 Å². The van der Waals surface area contributed by atoms with E-state index in [4.69, 9.17) is 4.74 Å². The lowest BCUT2D eigenvalue weighted by atomic mass is 9.72. The summed E-state index contributed by atoms with van der Waals surface area (Å²) in [7, 11) is 0. The third-order valence-electron chi connectivity index (χ3n) is 4.60. The SMILES string of the molecule is CC1C/C(=N/NC(=O)COc2ccc(C(C)(C)C)cc2)CC(C)(C)C1. The van der Waals surface area contributed by atoms with Crippen molar-refractivity contribution in [2.75, 3.05) is 6.61 Å². The van der Waals surface area contributed by atoms with Crippen molar-refractivity contribution in [2.45, 2.75) is 66.2 Å². The van der Waals surface area contributed by atoms with Crippen molar-refractivity contribution in [2.24, 2.45) is 16.4 Å². The summed E-state index contributed by atoms with van der Waals surface area (Å²) in [4.78, 5) is 12.0. The number of hydrazone groups is 1. The Bertz CT molecular complexity index is 624. The van der Waals surface area contributed by atoms with Crippen molar-refractivity contribution in [1.29, 1.82) is 0 Å². The van der Waals surface area contributed by atoms with Gasteiger partial charge in [-0.05, 0) is 53.7 Å². The van der Waals surface area contributed by atoms with E-state index in [2.05, 4.69) is 52.1 Å². The Kier molecular flexibility index (Phi) is 5.91. The van der Waals surface area contributed by atoms with Gasteiger partial charge in [-0.2, -0.15) is 5.10 Å². The molecular formula is C21H32N2O2. The molecule has 4 heteroatoms. The van der Waals surface area contributed by atoms with Crippen LogP contribution in [0.1, 0.15) is 66.4 Å². The van der Waals surface area contributed by atoms with Crippen molar-refractivity contribution in [3.63, 3.8) is 0 Å². The van der Waals surface area contributed by atoms with E-state index in [9.17, 15) is 4.79 Å². The molecule has 1 aromatic carbocycles. The molecule has 1 aliphatic rings. The van der Waals surface area contributed by atoms with Crippen LogP contribution < -0.4 is 10.2 Å². The van der Waals surface area contributed by atoms with Gasteiger partial charge in [0.15, 0.2) is 6.61 Å². The molecule has 0 aliphatic heterocycles. The fraction of sp³-hybridized carbons (Fsp3) is 0.619. The second kappa shape index (κ2) is 7.59. The number of nitrogens with one attached hydrogen (secondary N) is 1. The summed E-state index contributed by atoms with van der Waals surface area (Å²) < 4.78 is 5.56. The minimum absolute atomic E-state index is 0.0232. The number of rotatable bonds is 4. The summed E-state index contributed by atoms with van der Waals surface area (Å²) in [5.41, 5.74) is 5.32. The molecule has 1 amide bonds. The van der Waals surface area contributed by atoms with Crippen LogP contribution in [0.25, 0.3) is 0 Å². The van der Waals surface area contributed by atoms with Gasteiger partial charge < -0.3 is 4.74 Å². The van der Waals surface area contributed by atoms with Crippen molar-refractivity contribution in [3.8, 4) is 5.75 Å². The highest BCUT2D eigenvalue weighted by Gasteiger charge is 2.29. The Hall–Kier alpha value is -1.84. The first kappa shape index (κ1) is 19.5. The normalized spacial score (nSPS) is 21.8. The molecule has 4 nitrogen and oxygen atoms in total. The van der Waals surface area contributed by atoms with E-state index >= 15 is 0 Å². The predicted molar refractivity (Wildman–Crippen MR) is 103 cm³/mol. The number of benzene rings is 1. The molecule has 0 heterocycles. The van der Waals surface area contributed by atoms with Gasteiger partial charge in [0.05, 0.1) is 0 Å². The molecule has 2 rings (SSSR count). The Morgan fingerprint density at radius 1 is 1.28 bits per heavy atom. The van der Waals surface area contributed by atoms with Crippen LogP contribution in [0.2, 0.25) is 0 Å². The summed E-state index contributed by atoms with van der Waals surface area (Å²) in [6.07, 6.45) is 3.10. The van der Waals surface area contributed by atoms with E-state index < -0.39 is 0 Å². The third kappa shape index (κ3) is 6.18. The molecule has 0 radical (unpaired) electrons. The number of carbonyl (C=O) groups excluding carboxylic acids is 1. The molecule has 0 spiro atoms. The maximum absolute atomic E-state index is 12.0. The minimum Gasteiger partial charge on any atom is -0.484 e. The molecule has 138 valence electrons. The van der Waals surface area contributed by atoms with E-state index in [1.165, 1.54) is 12.0 Å². The summed E-state index contributed by atoms with van der Waals surface area (Å²) in [5, 5.41) is 4.32. The van der Waals surface area contributed by atoms with Gasteiger partial charge in [-0.25, -0.2) is 5.43 Å². The highest BCUT2D eigenvalue weighted by atomic mass is 16.5. The zero-order chi connectivity index (χ0) is 18.7. The molecule has 1 saturated carbocycles. The van der Waals surface area contributed by atoms with Crippen LogP contribution in [-0.4, -0.2) is 18.2 Å². The number of hydrogen-bond acceptors (Lipinski definition) is 3. The average molecular weight is 344 g/mol. The van der Waals surface area contributed by atoms with E-state index in [-0.39, 0.29) is 23.3 Å². The van der Waals surface area contributed by atoms with Gasteiger partial charge in [0.2, 0.25) is 0 Å². The number of nitrogens with zero attached hydrogens (tertiary/aromatic N) is 1. The number of amides is 1. The van der Waals surface area contributed by atoms with Crippen LogP contribution in [-0.2, 0) is 10.2 Å². The molecule has 1 atom stereocenters. The van der Waals surface area contributed by atoms with Crippen molar-refractivity contribution in [1.82, 2.24) is 5.43 Å². The minimum atomic E-state index is -0.219. The zero-order valence-electron chi connectivity index (χ0n) is 16.5. The van der Waals surface area contributed by atoms with E-state index in [0.29, 0.717) is 11.7 Å². The Morgan fingerprint density at radius 2 is 1.92 bits per heavy atom. The summed E-state index contributed by atoms with van der Waals surface area (Å²) in [5.74, 6) is 1.09. The van der Waals surface area contributed by atoms with Crippen LogP contribution in [0.3, 0.4) is 0 Å². The zero-order valence-corrected chi connectivity index (χ0v) is 16.5. The molecule has 0 bridgehead atoms. The molecular weight excluding hydrogens is 312 g/mol. The monoisotopic (exact) mass is 344 g/mol. The maximum atomic E-state index is 12.0. The average Bonchev–Trinajstić information content (AvgIpc) is 2.48. The van der Waals surface area contributed by atoms with Crippen LogP contribution in [0.15, 0.2) is 29.4 Å². The Morgan fingerprint density at radius 3 is 2.48 bits per heavy atom. The molecule has 1 unspecified atom stereocenters. The smallest absolute Gasteiger partial charge is 0.277 e. The van der Waals surface area contributed by atoms with Crippen molar-refractivity contribution >= 4 is 11.6 Å². The second-order valence-electron chi connectivity index (χ2n) is 9.13. The highest BCUT2D eigenvalue weighted by molar-refractivity contribution is 5.87. The first-order valence-electron chi connectivity index (χ1n) is 9.13. The molecule has 1 aliphatic carbocycles. The Labute approximate surface area is 152 Å². The number of ether oxygens (including phenoxy) is 1. The van der Waals surface area contributed by atoms with Crippen molar-refractivity contribution < 1.29 is 9.53 Å². The van der Waals surface area contributed by atoms with Gasteiger partial charge >= 0.3 is 0 Å². The van der Waals surface area contributed by atoms with Gasteiger partial charge in [0.25, 0.3) is 5.91 Å². The standard InChI is InChI=1S/C21H32N2O2/c1-15-11-17(13-21(5,6)12-15)22-23-19(24)14-25-18-9-7-16(8-10-18)20(2,3)4/h7-10,15H,11-14H2,1-6H3,(H,23,24)/b22-17-. The first-order valence-corrected chi connectivity index (χ1v) is 9.13. The fourth-order valence-electron chi connectivity index (χ4n) is 3.57. The summed E-state index contributed by atoms with van der Waals surface area (Å²) in [6, 6.07) is 7.90. The molecule has 25 heavy (non-hydrogen) atoms. The van der Waals surface area contributed by atoms with Crippen LogP contribution in [0.4, 0.5) is 0 Å².